The smallest absolute Gasteiger partial charge is 0.193 e. The predicted octanol–water partition coefficient (Wildman–Crippen LogP) is 3.87. The third-order valence-corrected chi connectivity index (χ3v) is 3.23. The van der Waals surface area contributed by atoms with Crippen molar-refractivity contribution in [2.75, 3.05) is 6.61 Å². The second-order valence-corrected chi connectivity index (χ2v) is 5.98. The summed E-state index contributed by atoms with van der Waals surface area (Å²) in [6.45, 7) is 8.47. The molecule has 2 rings (SSSR count). The summed E-state index contributed by atoms with van der Waals surface area (Å²) >= 11 is 0. The Morgan fingerprint density at radius 3 is 2.65 bits per heavy atom. The number of benzene rings is 1. The maximum Gasteiger partial charge on any atom is 0.193 e. The predicted molar refractivity (Wildman–Crippen MR) is 80.9 cm³/mol. The summed E-state index contributed by atoms with van der Waals surface area (Å²) in [7, 11) is 0. The van der Waals surface area contributed by atoms with Crippen LogP contribution in [0.15, 0.2) is 36.5 Å². The van der Waals surface area contributed by atoms with E-state index in [2.05, 4.69) is 4.98 Å². The summed E-state index contributed by atoms with van der Waals surface area (Å²) < 4.78 is 5.66. The van der Waals surface area contributed by atoms with Crippen molar-refractivity contribution < 1.29 is 9.53 Å². The van der Waals surface area contributed by atoms with Crippen molar-refractivity contribution in [1.82, 2.24) is 4.98 Å². The fourth-order valence-electron chi connectivity index (χ4n) is 2.24. The van der Waals surface area contributed by atoms with Gasteiger partial charge in [-0.25, -0.2) is 0 Å². The molecule has 0 fully saturated rings. The van der Waals surface area contributed by atoms with Crippen LogP contribution in [0.5, 0.6) is 0 Å². The van der Waals surface area contributed by atoms with E-state index in [0.717, 1.165) is 10.9 Å². The Morgan fingerprint density at radius 1 is 1.30 bits per heavy atom. The van der Waals surface area contributed by atoms with Crippen molar-refractivity contribution in [1.29, 1.82) is 0 Å². The van der Waals surface area contributed by atoms with E-state index in [1.165, 1.54) is 0 Å². The lowest BCUT2D eigenvalue weighted by molar-refractivity contribution is -0.000231. The molecule has 1 aromatic heterocycles. The van der Waals surface area contributed by atoms with E-state index in [9.17, 15) is 4.79 Å². The first kappa shape index (κ1) is 14.7. The zero-order valence-electron chi connectivity index (χ0n) is 12.5. The summed E-state index contributed by atoms with van der Waals surface area (Å²) in [6.07, 6.45) is 1.19. The quantitative estimate of drug-likeness (QED) is 0.792. The lowest BCUT2D eigenvalue weighted by Crippen LogP contribution is -2.37. The maximum atomic E-state index is 12.7. The van der Waals surface area contributed by atoms with Gasteiger partial charge in [-0.1, -0.05) is 39.0 Å². The van der Waals surface area contributed by atoms with Gasteiger partial charge in [0, 0.05) is 23.8 Å². The molecule has 20 heavy (non-hydrogen) atoms. The van der Waals surface area contributed by atoms with E-state index in [-0.39, 0.29) is 11.2 Å². The zero-order valence-corrected chi connectivity index (χ0v) is 12.5. The normalized spacial score (nSPS) is 13.4. The second-order valence-electron chi connectivity index (χ2n) is 5.98. The standard InChI is InChI=1S/C17H21NO2/c1-5-20-16(17(2,3)4)15(19)13-10-12-8-6-7-9-14(12)18-11-13/h6-11,16H,5H2,1-4H3. The average molecular weight is 271 g/mol. The molecule has 1 aromatic carbocycles. The molecule has 0 saturated carbocycles. The van der Waals surface area contributed by atoms with E-state index in [1.54, 1.807) is 6.20 Å². The second kappa shape index (κ2) is 5.71. The first-order valence-corrected chi connectivity index (χ1v) is 6.94. The molecule has 3 heteroatoms. The van der Waals surface area contributed by atoms with Crippen LogP contribution in [0, 0.1) is 5.41 Å². The number of hydrogen-bond donors (Lipinski definition) is 0. The van der Waals surface area contributed by atoms with Gasteiger partial charge in [0.15, 0.2) is 5.78 Å². The van der Waals surface area contributed by atoms with Gasteiger partial charge in [0.1, 0.15) is 6.10 Å². The van der Waals surface area contributed by atoms with Gasteiger partial charge >= 0.3 is 0 Å². The zero-order chi connectivity index (χ0) is 14.8. The molecule has 0 aliphatic carbocycles. The Kier molecular flexibility index (Phi) is 4.19. The molecule has 2 aromatic rings. The van der Waals surface area contributed by atoms with Crippen LogP contribution in [-0.2, 0) is 4.74 Å². The highest BCUT2D eigenvalue weighted by atomic mass is 16.5. The summed E-state index contributed by atoms with van der Waals surface area (Å²) in [6, 6.07) is 9.68. The molecule has 0 bridgehead atoms. The lowest BCUT2D eigenvalue weighted by atomic mass is 9.84. The van der Waals surface area contributed by atoms with Crippen molar-refractivity contribution in [3.8, 4) is 0 Å². The number of Topliss-reactive ketones (excluding diaryl/α,β-unsaturated/α-hetero) is 1. The van der Waals surface area contributed by atoms with Gasteiger partial charge in [-0.3, -0.25) is 9.78 Å². The molecule has 0 spiro atoms. The topological polar surface area (TPSA) is 39.2 Å². The fraction of sp³-hybridized carbons (Fsp3) is 0.412. The van der Waals surface area contributed by atoms with Gasteiger partial charge in [0.05, 0.1) is 5.52 Å². The highest BCUT2D eigenvalue weighted by Gasteiger charge is 2.32. The number of ketones is 1. The molecule has 0 N–H and O–H groups in total. The Bertz CT molecular complexity index is 614. The van der Waals surface area contributed by atoms with E-state index in [4.69, 9.17) is 4.74 Å². The highest BCUT2D eigenvalue weighted by molar-refractivity contribution is 6.02. The number of pyridine rings is 1. The minimum absolute atomic E-state index is 0.00222. The Morgan fingerprint density at radius 2 is 2.00 bits per heavy atom. The van der Waals surface area contributed by atoms with Crippen LogP contribution in [0.1, 0.15) is 38.1 Å². The average Bonchev–Trinajstić information content (AvgIpc) is 2.42. The monoisotopic (exact) mass is 271 g/mol. The summed E-state index contributed by atoms with van der Waals surface area (Å²) in [5, 5.41) is 0.975. The van der Waals surface area contributed by atoms with Gasteiger partial charge in [-0.15, -0.1) is 0 Å². The Hall–Kier alpha value is -1.74. The number of hydrogen-bond acceptors (Lipinski definition) is 3. The summed E-state index contributed by atoms with van der Waals surface area (Å²) in [5.41, 5.74) is 1.27. The molecule has 3 nitrogen and oxygen atoms in total. The van der Waals surface area contributed by atoms with Crippen LogP contribution in [0.3, 0.4) is 0 Å². The number of carbonyl (C=O) groups is 1. The molecule has 1 heterocycles. The van der Waals surface area contributed by atoms with Gasteiger partial charge in [0.25, 0.3) is 0 Å². The van der Waals surface area contributed by atoms with Gasteiger partial charge < -0.3 is 4.74 Å². The molecule has 106 valence electrons. The number of ether oxygens (including phenoxy) is 1. The number of fused-ring (bicyclic) bond motifs is 1. The SMILES string of the molecule is CCOC(C(=O)c1cnc2ccccc2c1)C(C)(C)C. The third kappa shape index (κ3) is 3.05. The minimum Gasteiger partial charge on any atom is -0.370 e. The highest BCUT2D eigenvalue weighted by Crippen LogP contribution is 2.26. The first-order chi connectivity index (χ1) is 9.43. The molecular weight excluding hydrogens is 250 g/mol. The van der Waals surface area contributed by atoms with Crippen LogP contribution < -0.4 is 0 Å². The van der Waals surface area contributed by atoms with Crippen molar-refractivity contribution in [2.24, 2.45) is 5.41 Å². The molecule has 0 aliphatic heterocycles. The van der Waals surface area contributed by atoms with Crippen LogP contribution in [-0.4, -0.2) is 23.5 Å². The van der Waals surface area contributed by atoms with Crippen LogP contribution in [0.25, 0.3) is 10.9 Å². The molecule has 0 aliphatic rings. The number of para-hydroxylation sites is 1. The summed E-state index contributed by atoms with van der Waals surface area (Å²) in [5.74, 6) is -0.00222. The van der Waals surface area contributed by atoms with E-state index in [0.29, 0.717) is 12.2 Å². The van der Waals surface area contributed by atoms with Crippen molar-refractivity contribution in [3.63, 3.8) is 0 Å². The van der Waals surface area contributed by atoms with Crippen LogP contribution in [0.2, 0.25) is 0 Å². The van der Waals surface area contributed by atoms with Crippen molar-refractivity contribution >= 4 is 16.7 Å². The number of carbonyl (C=O) groups excluding carboxylic acids is 1. The molecule has 0 radical (unpaired) electrons. The number of nitrogens with zero attached hydrogens (tertiary/aromatic N) is 1. The Balaban J connectivity index is 2.38. The lowest BCUT2D eigenvalue weighted by Gasteiger charge is -2.29. The molecule has 0 saturated heterocycles. The van der Waals surface area contributed by atoms with Crippen LogP contribution >= 0.6 is 0 Å². The number of aromatic nitrogens is 1. The van der Waals surface area contributed by atoms with E-state index in [1.807, 2.05) is 58.0 Å². The van der Waals surface area contributed by atoms with Gasteiger partial charge in [-0.2, -0.15) is 0 Å². The summed E-state index contributed by atoms with van der Waals surface area (Å²) in [4.78, 5) is 17.0. The number of rotatable bonds is 4. The molecule has 0 amide bonds. The fourth-order valence-corrected chi connectivity index (χ4v) is 2.24. The third-order valence-electron chi connectivity index (χ3n) is 3.23. The largest absolute Gasteiger partial charge is 0.370 e. The minimum atomic E-state index is -0.449. The van der Waals surface area contributed by atoms with E-state index >= 15 is 0 Å². The Labute approximate surface area is 120 Å². The van der Waals surface area contributed by atoms with E-state index < -0.39 is 6.10 Å². The molecule has 1 unspecified atom stereocenters. The van der Waals surface area contributed by atoms with Crippen molar-refractivity contribution in [3.05, 3.63) is 42.1 Å². The molecule has 1 atom stereocenters. The van der Waals surface area contributed by atoms with Crippen molar-refractivity contribution in [2.45, 2.75) is 33.8 Å². The van der Waals surface area contributed by atoms with Crippen LogP contribution in [0.4, 0.5) is 0 Å². The maximum absolute atomic E-state index is 12.7. The first-order valence-electron chi connectivity index (χ1n) is 6.94. The molecular formula is C17H21NO2. The van der Waals surface area contributed by atoms with Gasteiger partial charge in [0.2, 0.25) is 0 Å². The van der Waals surface area contributed by atoms with Gasteiger partial charge in [-0.05, 0) is 24.5 Å².